The molecule has 0 heterocycles. The third kappa shape index (κ3) is 7.88. The van der Waals surface area contributed by atoms with Crippen molar-refractivity contribution in [2.75, 3.05) is 13.2 Å². The summed E-state index contributed by atoms with van der Waals surface area (Å²) in [6, 6.07) is 13.2. The molecule has 2 amide bonds. The number of nitrogens with zero attached hydrogens (tertiary/aromatic N) is 1. The summed E-state index contributed by atoms with van der Waals surface area (Å²) in [6.45, 7) is 13.1. The molecule has 0 aliphatic heterocycles. The Bertz CT molecular complexity index is 953. The summed E-state index contributed by atoms with van der Waals surface area (Å²) < 4.78 is 6.68. The minimum Gasteiger partial charge on any atom is -0.483 e. The van der Waals surface area contributed by atoms with Crippen LogP contribution in [0.3, 0.4) is 0 Å². The van der Waals surface area contributed by atoms with Crippen molar-refractivity contribution in [3.63, 3.8) is 0 Å². The fraction of sp³-hybridized carbons (Fsp3) is 0.481. The molecule has 0 spiro atoms. The van der Waals surface area contributed by atoms with Crippen molar-refractivity contribution in [3.8, 4) is 5.75 Å². The zero-order valence-electron chi connectivity index (χ0n) is 20.7. The van der Waals surface area contributed by atoms with Crippen LogP contribution in [-0.4, -0.2) is 35.9 Å². The number of rotatable bonds is 10. The van der Waals surface area contributed by atoms with Gasteiger partial charge in [-0.1, -0.05) is 64.4 Å². The van der Waals surface area contributed by atoms with E-state index in [-0.39, 0.29) is 23.8 Å². The molecule has 0 aromatic heterocycles. The fourth-order valence-corrected chi connectivity index (χ4v) is 3.89. The number of unbranched alkanes of at least 4 members (excludes halogenated alkanes) is 1. The highest BCUT2D eigenvalue weighted by Crippen LogP contribution is 2.31. The van der Waals surface area contributed by atoms with Crippen LogP contribution in [0.2, 0.25) is 0 Å². The first kappa shape index (κ1) is 26.9. The molecule has 180 valence electrons. The molecule has 33 heavy (non-hydrogen) atoms. The maximum absolute atomic E-state index is 13.3. The van der Waals surface area contributed by atoms with Crippen LogP contribution in [0.5, 0.6) is 5.75 Å². The van der Waals surface area contributed by atoms with Crippen LogP contribution in [0.25, 0.3) is 0 Å². The molecule has 1 N–H and O–H groups in total. The smallest absolute Gasteiger partial charge is 0.261 e. The van der Waals surface area contributed by atoms with E-state index < -0.39 is 6.04 Å². The third-order valence-electron chi connectivity index (χ3n) is 5.75. The highest BCUT2D eigenvalue weighted by atomic mass is 79.9. The molecule has 6 heteroatoms. The lowest BCUT2D eigenvalue weighted by Gasteiger charge is -2.29. The normalized spacial score (nSPS) is 12.2. The lowest BCUT2D eigenvalue weighted by atomic mass is 9.87. The van der Waals surface area contributed by atoms with Crippen molar-refractivity contribution in [3.05, 3.63) is 63.6 Å². The largest absolute Gasteiger partial charge is 0.483 e. The molecule has 0 bridgehead atoms. The van der Waals surface area contributed by atoms with Gasteiger partial charge in [-0.2, -0.15) is 0 Å². The number of carbonyl (C=O) groups excluding carboxylic acids is 2. The minimum absolute atomic E-state index is 0.0157. The maximum Gasteiger partial charge on any atom is 0.261 e. The van der Waals surface area contributed by atoms with Gasteiger partial charge in [0.25, 0.3) is 5.91 Å². The Balaban J connectivity index is 2.17. The van der Waals surface area contributed by atoms with E-state index in [1.165, 1.54) is 5.56 Å². The van der Waals surface area contributed by atoms with Gasteiger partial charge in [-0.3, -0.25) is 9.59 Å². The fourth-order valence-electron chi connectivity index (χ4n) is 3.40. The van der Waals surface area contributed by atoms with E-state index in [0.29, 0.717) is 18.8 Å². The number of nitrogens with one attached hydrogen (secondary N) is 1. The molecule has 5 nitrogen and oxygen atoms in total. The lowest BCUT2D eigenvalue weighted by molar-refractivity contribution is -0.142. The Morgan fingerprint density at radius 2 is 1.85 bits per heavy atom. The number of aryl methyl sites for hydroxylation is 1. The van der Waals surface area contributed by atoms with Gasteiger partial charge in [0.1, 0.15) is 11.8 Å². The van der Waals surface area contributed by atoms with E-state index in [4.69, 9.17) is 4.74 Å². The second kappa shape index (κ2) is 12.2. The lowest BCUT2D eigenvalue weighted by Crippen LogP contribution is -2.49. The average Bonchev–Trinajstić information content (AvgIpc) is 2.76. The van der Waals surface area contributed by atoms with Crippen molar-refractivity contribution in [2.45, 2.75) is 72.4 Å². The predicted molar refractivity (Wildman–Crippen MR) is 137 cm³/mol. The molecule has 0 aliphatic carbocycles. The summed E-state index contributed by atoms with van der Waals surface area (Å²) in [5.74, 6) is 0.219. The van der Waals surface area contributed by atoms with Crippen LogP contribution in [0.4, 0.5) is 0 Å². The summed E-state index contributed by atoms with van der Waals surface area (Å²) in [6.07, 6.45) is 1.91. The van der Waals surface area contributed by atoms with Gasteiger partial charge >= 0.3 is 0 Å². The number of amides is 2. The Kier molecular flexibility index (Phi) is 9.96. The number of ether oxygens (including phenoxy) is 1. The van der Waals surface area contributed by atoms with Crippen LogP contribution in [0, 0.1) is 6.92 Å². The molecule has 0 saturated heterocycles. The molecule has 0 aliphatic rings. The Hall–Kier alpha value is -2.34. The highest BCUT2D eigenvalue weighted by Gasteiger charge is 2.27. The van der Waals surface area contributed by atoms with Crippen LogP contribution < -0.4 is 10.1 Å². The minimum atomic E-state index is -0.607. The SMILES string of the molecule is CCCCNC(=O)[C@@H](C)N(Cc1ccccc1C)C(=O)COc1ccc(C(C)(C)C)cc1Br. The van der Waals surface area contributed by atoms with Gasteiger partial charge in [0.2, 0.25) is 5.91 Å². The van der Waals surface area contributed by atoms with Crippen molar-refractivity contribution in [1.29, 1.82) is 0 Å². The van der Waals surface area contributed by atoms with Crippen molar-refractivity contribution >= 4 is 27.7 Å². The average molecular weight is 518 g/mol. The summed E-state index contributed by atoms with van der Waals surface area (Å²) in [5, 5.41) is 2.94. The van der Waals surface area contributed by atoms with Crippen LogP contribution in [-0.2, 0) is 21.5 Å². The van der Waals surface area contributed by atoms with E-state index >= 15 is 0 Å². The molecule has 0 radical (unpaired) electrons. The second-order valence-electron chi connectivity index (χ2n) is 9.45. The molecule has 1 atom stereocenters. The summed E-state index contributed by atoms with van der Waals surface area (Å²) in [4.78, 5) is 27.6. The number of halogens is 1. The first-order valence-corrected chi connectivity index (χ1v) is 12.4. The van der Waals surface area contributed by atoms with Gasteiger partial charge in [0, 0.05) is 13.1 Å². The second-order valence-corrected chi connectivity index (χ2v) is 10.3. The number of hydrogen-bond acceptors (Lipinski definition) is 3. The van der Waals surface area contributed by atoms with E-state index in [2.05, 4.69) is 48.9 Å². The molecule has 2 aromatic rings. The molecule has 2 rings (SSSR count). The van der Waals surface area contributed by atoms with Crippen LogP contribution in [0.15, 0.2) is 46.9 Å². The first-order valence-electron chi connectivity index (χ1n) is 11.6. The van der Waals surface area contributed by atoms with E-state index in [0.717, 1.165) is 28.4 Å². The van der Waals surface area contributed by atoms with Crippen molar-refractivity contribution in [1.82, 2.24) is 10.2 Å². The van der Waals surface area contributed by atoms with Crippen LogP contribution >= 0.6 is 15.9 Å². The number of hydrogen-bond donors (Lipinski definition) is 1. The predicted octanol–water partition coefficient (Wildman–Crippen LogP) is 5.77. The zero-order chi connectivity index (χ0) is 24.6. The van der Waals surface area contributed by atoms with Crippen molar-refractivity contribution < 1.29 is 14.3 Å². The summed E-state index contributed by atoms with van der Waals surface area (Å²) in [7, 11) is 0. The molecular weight excluding hydrogens is 480 g/mol. The van der Waals surface area contributed by atoms with E-state index in [1.807, 2.05) is 49.4 Å². The van der Waals surface area contributed by atoms with Gasteiger partial charge < -0.3 is 15.0 Å². The Labute approximate surface area is 207 Å². The van der Waals surface area contributed by atoms with Crippen molar-refractivity contribution in [2.24, 2.45) is 0 Å². The standard InChI is InChI=1S/C27H37BrN2O3/c1-7-8-15-29-26(32)20(3)30(17-21-12-10-9-11-19(21)2)25(31)18-33-24-14-13-22(16-23(24)28)27(4,5)6/h9-14,16,20H,7-8,15,17-18H2,1-6H3,(H,29,32)/t20-/m1/s1. The summed E-state index contributed by atoms with van der Waals surface area (Å²) >= 11 is 3.56. The molecule has 0 fully saturated rings. The first-order chi connectivity index (χ1) is 15.5. The number of carbonyl (C=O) groups is 2. The quantitative estimate of drug-likeness (QED) is 0.408. The summed E-state index contributed by atoms with van der Waals surface area (Å²) in [5.41, 5.74) is 3.28. The Morgan fingerprint density at radius 1 is 1.15 bits per heavy atom. The zero-order valence-corrected chi connectivity index (χ0v) is 22.3. The van der Waals surface area contributed by atoms with E-state index in [1.54, 1.807) is 11.8 Å². The van der Waals surface area contributed by atoms with Gasteiger partial charge in [-0.15, -0.1) is 0 Å². The maximum atomic E-state index is 13.3. The van der Waals surface area contributed by atoms with Gasteiger partial charge in [0.15, 0.2) is 6.61 Å². The van der Waals surface area contributed by atoms with Gasteiger partial charge in [-0.05, 0) is 70.4 Å². The highest BCUT2D eigenvalue weighted by molar-refractivity contribution is 9.10. The Morgan fingerprint density at radius 3 is 2.45 bits per heavy atom. The molecular formula is C27H37BrN2O3. The molecule has 0 saturated carbocycles. The van der Waals surface area contributed by atoms with Gasteiger partial charge in [-0.25, -0.2) is 0 Å². The van der Waals surface area contributed by atoms with Gasteiger partial charge in [0.05, 0.1) is 4.47 Å². The van der Waals surface area contributed by atoms with E-state index in [9.17, 15) is 9.59 Å². The monoisotopic (exact) mass is 516 g/mol. The van der Waals surface area contributed by atoms with Crippen LogP contribution in [0.1, 0.15) is 64.2 Å². The third-order valence-corrected chi connectivity index (χ3v) is 6.37. The number of benzene rings is 2. The molecule has 0 unspecified atom stereocenters. The molecule has 2 aromatic carbocycles. The topological polar surface area (TPSA) is 58.6 Å².